The zero-order valence-corrected chi connectivity index (χ0v) is 16.7. The summed E-state index contributed by atoms with van der Waals surface area (Å²) in [7, 11) is -4.06. The third-order valence-corrected chi connectivity index (χ3v) is 6.08. The molecule has 29 heavy (non-hydrogen) atoms. The van der Waals surface area contributed by atoms with Crippen LogP contribution in [0.5, 0.6) is 0 Å². The van der Waals surface area contributed by atoms with E-state index in [1.54, 1.807) is 0 Å². The molecule has 0 aliphatic heterocycles. The molecule has 0 aliphatic rings. The van der Waals surface area contributed by atoms with E-state index in [0.29, 0.717) is 0 Å². The molecular formula is C16H18F5NO6Si. The predicted molar refractivity (Wildman–Crippen MR) is 89.8 cm³/mol. The number of benzene rings is 1. The minimum absolute atomic E-state index is 0.0536. The Hall–Kier alpha value is -2.70. The zero-order chi connectivity index (χ0) is 22.4. The molecule has 0 fully saturated rings. The van der Waals surface area contributed by atoms with E-state index < -0.39 is 61.5 Å². The van der Waals surface area contributed by atoms with E-state index in [1.807, 2.05) is 0 Å². The van der Waals surface area contributed by atoms with Crippen molar-refractivity contribution in [3.05, 3.63) is 29.1 Å². The van der Waals surface area contributed by atoms with Gasteiger partial charge in [0.15, 0.2) is 23.3 Å². The molecule has 0 unspecified atom stereocenters. The van der Waals surface area contributed by atoms with Gasteiger partial charge in [-0.25, -0.2) is 22.0 Å². The van der Waals surface area contributed by atoms with Crippen LogP contribution in [0.15, 0.2) is 0 Å². The van der Waals surface area contributed by atoms with E-state index in [2.05, 4.69) is 5.32 Å². The zero-order valence-electron chi connectivity index (χ0n) is 15.7. The first-order chi connectivity index (χ1) is 13.4. The Bertz CT molecular complexity index is 737. The summed E-state index contributed by atoms with van der Waals surface area (Å²) >= 11 is 0. The van der Waals surface area contributed by atoms with E-state index in [4.69, 9.17) is 13.3 Å². The lowest BCUT2D eigenvalue weighted by atomic mass is 10.2. The SMILES string of the molecule is CC(=O)O[Si](CCCCNc1c(F)c(F)c(F)c(F)c1F)(OC(C)=O)OC(C)=O. The fraction of sp³-hybridized carbons (Fsp3) is 0.438. The number of anilines is 1. The molecule has 0 atom stereocenters. The molecule has 13 heteroatoms. The number of nitrogens with one attached hydrogen (secondary N) is 1. The van der Waals surface area contributed by atoms with Crippen molar-refractivity contribution in [1.82, 2.24) is 0 Å². The summed E-state index contributed by atoms with van der Waals surface area (Å²) in [5.41, 5.74) is -1.19. The number of rotatable bonds is 9. The lowest BCUT2D eigenvalue weighted by Crippen LogP contribution is -2.49. The third-order valence-electron chi connectivity index (χ3n) is 3.32. The van der Waals surface area contributed by atoms with Crippen LogP contribution >= 0.6 is 0 Å². The standard InChI is InChI=1S/C16H18F5NO6Si/c1-8(23)26-29(27-9(2)24,28-10(3)25)7-5-4-6-22-16-14(20)12(18)11(17)13(19)15(16)21/h22H,4-7H2,1-3H3. The van der Waals surface area contributed by atoms with Crippen LogP contribution in [0.1, 0.15) is 33.6 Å². The molecule has 0 saturated carbocycles. The van der Waals surface area contributed by atoms with Gasteiger partial charge >= 0.3 is 8.80 Å². The van der Waals surface area contributed by atoms with Crippen molar-refractivity contribution in [1.29, 1.82) is 0 Å². The maximum Gasteiger partial charge on any atom is 0.705 e. The van der Waals surface area contributed by atoms with E-state index in [9.17, 15) is 36.3 Å². The summed E-state index contributed by atoms with van der Waals surface area (Å²) in [6, 6.07) is -0.204. The maximum absolute atomic E-state index is 13.6. The Balaban J connectivity index is 2.80. The summed E-state index contributed by atoms with van der Waals surface area (Å²) < 4.78 is 81.3. The summed E-state index contributed by atoms with van der Waals surface area (Å²) in [4.78, 5) is 33.9. The summed E-state index contributed by atoms with van der Waals surface area (Å²) in [6.45, 7) is 2.79. The highest BCUT2D eigenvalue weighted by molar-refractivity contribution is 6.65. The van der Waals surface area contributed by atoms with Crippen LogP contribution in [0.4, 0.5) is 27.6 Å². The van der Waals surface area contributed by atoms with Gasteiger partial charge in [-0.05, 0) is 12.8 Å². The second-order valence-electron chi connectivity index (χ2n) is 5.79. The van der Waals surface area contributed by atoms with E-state index >= 15 is 0 Å². The Labute approximate surface area is 163 Å². The Kier molecular flexibility index (Phi) is 8.54. The molecule has 0 amide bonds. The lowest BCUT2D eigenvalue weighted by Gasteiger charge is -2.26. The molecule has 162 valence electrons. The minimum Gasteiger partial charge on any atom is -0.455 e. The van der Waals surface area contributed by atoms with Crippen LogP contribution in [0, 0.1) is 29.1 Å². The van der Waals surface area contributed by atoms with Crippen LogP contribution in [0.25, 0.3) is 0 Å². The van der Waals surface area contributed by atoms with Gasteiger partial charge in [-0.1, -0.05) is 0 Å². The first-order valence-electron chi connectivity index (χ1n) is 8.24. The van der Waals surface area contributed by atoms with Crippen LogP contribution in [-0.2, 0) is 27.7 Å². The molecule has 0 aliphatic carbocycles. The highest BCUT2D eigenvalue weighted by atomic mass is 28.4. The third kappa shape index (κ3) is 6.69. The first kappa shape index (κ1) is 24.3. The Morgan fingerprint density at radius 3 is 1.48 bits per heavy atom. The summed E-state index contributed by atoms with van der Waals surface area (Å²) in [5, 5.41) is 2.09. The fourth-order valence-electron chi connectivity index (χ4n) is 2.31. The largest absolute Gasteiger partial charge is 0.705 e. The van der Waals surface area contributed by atoms with Crippen molar-refractivity contribution in [2.45, 2.75) is 39.7 Å². The molecule has 1 aromatic rings. The molecule has 0 radical (unpaired) electrons. The second kappa shape index (κ2) is 10.2. The minimum atomic E-state index is -4.06. The number of unbranched alkanes of at least 4 members (excludes halogenated alkanes) is 1. The predicted octanol–water partition coefficient (Wildman–Crippen LogP) is 3.20. The number of halogens is 5. The van der Waals surface area contributed by atoms with Gasteiger partial charge in [0.05, 0.1) is 6.04 Å². The monoisotopic (exact) mass is 443 g/mol. The average molecular weight is 443 g/mol. The van der Waals surface area contributed by atoms with Gasteiger partial charge in [0, 0.05) is 27.3 Å². The van der Waals surface area contributed by atoms with Gasteiger partial charge in [0.1, 0.15) is 5.69 Å². The molecule has 0 saturated heterocycles. The topological polar surface area (TPSA) is 90.9 Å². The van der Waals surface area contributed by atoms with Gasteiger partial charge in [-0.2, -0.15) is 0 Å². The number of hydrogen-bond donors (Lipinski definition) is 1. The smallest absolute Gasteiger partial charge is 0.455 e. The average Bonchev–Trinajstić information content (AvgIpc) is 2.58. The molecule has 1 aromatic carbocycles. The van der Waals surface area contributed by atoms with Crippen LogP contribution in [-0.4, -0.2) is 33.3 Å². The van der Waals surface area contributed by atoms with Crippen molar-refractivity contribution in [3.63, 3.8) is 0 Å². The molecule has 0 spiro atoms. The van der Waals surface area contributed by atoms with Crippen molar-refractivity contribution in [2.75, 3.05) is 11.9 Å². The molecule has 1 N–H and O–H groups in total. The van der Waals surface area contributed by atoms with Crippen LogP contribution < -0.4 is 5.32 Å². The Morgan fingerprint density at radius 1 is 0.724 bits per heavy atom. The highest BCUT2D eigenvalue weighted by Gasteiger charge is 2.51. The van der Waals surface area contributed by atoms with Crippen LogP contribution in [0.3, 0.4) is 0 Å². The van der Waals surface area contributed by atoms with Gasteiger partial charge in [0.2, 0.25) is 5.82 Å². The molecular weight excluding hydrogens is 425 g/mol. The van der Waals surface area contributed by atoms with Crippen molar-refractivity contribution in [2.24, 2.45) is 0 Å². The first-order valence-corrected chi connectivity index (χ1v) is 10.2. The molecule has 0 bridgehead atoms. The molecule has 0 aromatic heterocycles. The molecule has 7 nitrogen and oxygen atoms in total. The molecule has 1 rings (SSSR count). The summed E-state index contributed by atoms with van der Waals surface area (Å²) in [6.07, 6.45) is 0.112. The van der Waals surface area contributed by atoms with Crippen molar-refractivity contribution < 1.29 is 49.6 Å². The summed E-state index contributed by atoms with van der Waals surface area (Å²) in [5.74, 6) is -13.0. The van der Waals surface area contributed by atoms with Crippen LogP contribution in [0.2, 0.25) is 6.04 Å². The van der Waals surface area contributed by atoms with E-state index in [0.717, 1.165) is 20.8 Å². The number of carbonyl (C=O) groups is 3. The maximum atomic E-state index is 13.6. The normalized spacial score (nSPS) is 11.0. The lowest BCUT2D eigenvalue weighted by molar-refractivity contribution is -0.147. The Morgan fingerprint density at radius 2 is 1.10 bits per heavy atom. The van der Waals surface area contributed by atoms with Gasteiger partial charge in [-0.3, -0.25) is 14.4 Å². The van der Waals surface area contributed by atoms with Crippen molar-refractivity contribution in [3.8, 4) is 0 Å². The number of hydrogen-bond acceptors (Lipinski definition) is 7. The van der Waals surface area contributed by atoms with Gasteiger partial charge in [0.25, 0.3) is 17.9 Å². The van der Waals surface area contributed by atoms with Crippen molar-refractivity contribution >= 4 is 32.4 Å². The van der Waals surface area contributed by atoms with Gasteiger partial charge < -0.3 is 18.6 Å². The van der Waals surface area contributed by atoms with E-state index in [-0.39, 0.29) is 25.4 Å². The quantitative estimate of drug-likeness (QED) is 0.206. The second-order valence-corrected chi connectivity index (χ2v) is 8.27. The highest BCUT2D eigenvalue weighted by Crippen LogP contribution is 2.27. The molecule has 0 heterocycles. The fourth-order valence-corrected chi connectivity index (χ4v) is 4.74. The van der Waals surface area contributed by atoms with Gasteiger partial charge in [-0.15, -0.1) is 0 Å². The van der Waals surface area contributed by atoms with E-state index in [1.165, 1.54) is 0 Å². The number of carbonyl (C=O) groups excluding carboxylic acids is 3.